The molecule has 3 unspecified atom stereocenters. The summed E-state index contributed by atoms with van der Waals surface area (Å²) in [6.07, 6.45) is 2.65. The van der Waals surface area contributed by atoms with Gasteiger partial charge < -0.3 is 24.6 Å². The first-order chi connectivity index (χ1) is 14.7. The van der Waals surface area contributed by atoms with Crippen molar-refractivity contribution in [3.63, 3.8) is 0 Å². The number of nitrogens with zero attached hydrogens (tertiary/aromatic N) is 4. The van der Waals surface area contributed by atoms with E-state index in [1.54, 1.807) is 0 Å². The van der Waals surface area contributed by atoms with Gasteiger partial charge in [-0.15, -0.1) is 24.0 Å². The van der Waals surface area contributed by atoms with Gasteiger partial charge in [-0.2, -0.15) is 0 Å². The van der Waals surface area contributed by atoms with Gasteiger partial charge in [0.05, 0.1) is 12.7 Å². The van der Waals surface area contributed by atoms with Crippen molar-refractivity contribution >= 4 is 35.6 Å². The van der Waals surface area contributed by atoms with Crippen molar-refractivity contribution in [2.45, 2.75) is 38.0 Å². The molecule has 0 aromatic heterocycles. The molecular formula is C23H38IN5O2. The van der Waals surface area contributed by atoms with E-state index < -0.39 is 0 Å². The summed E-state index contributed by atoms with van der Waals surface area (Å²) in [5.74, 6) is 0.982. The third-order valence-electron chi connectivity index (χ3n) is 6.60. The predicted octanol–water partition coefficient (Wildman–Crippen LogP) is 2.27. The lowest BCUT2D eigenvalue weighted by Crippen LogP contribution is -2.56. The lowest BCUT2D eigenvalue weighted by atomic mass is 10.1. The van der Waals surface area contributed by atoms with Gasteiger partial charge in [0.25, 0.3) is 0 Å². The number of ether oxygens (including phenoxy) is 2. The van der Waals surface area contributed by atoms with Crippen LogP contribution < -0.4 is 10.2 Å². The second-order valence-corrected chi connectivity index (χ2v) is 8.54. The maximum Gasteiger partial charge on any atom is 0.193 e. The molecule has 1 N–H and O–H groups in total. The number of halogens is 1. The van der Waals surface area contributed by atoms with Crippen LogP contribution in [0.2, 0.25) is 0 Å². The molecule has 4 rings (SSSR count). The summed E-state index contributed by atoms with van der Waals surface area (Å²) in [5.41, 5.74) is 1.33. The molecule has 0 aliphatic carbocycles. The Bertz CT molecular complexity index is 678. The van der Waals surface area contributed by atoms with Crippen molar-refractivity contribution in [1.82, 2.24) is 15.1 Å². The molecule has 3 aliphatic rings. The van der Waals surface area contributed by atoms with Crippen molar-refractivity contribution in [3.8, 4) is 0 Å². The molecule has 0 saturated carbocycles. The van der Waals surface area contributed by atoms with Crippen LogP contribution in [0.3, 0.4) is 0 Å². The normalized spacial score (nSPS) is 26.5. The van der Waals surface area contributed by atoms with Crippen LogP contribution in [0.15, 0.2) is 35.3 Å². The summed E-state index contributed by atoms with van der Waals surface area (Å²) in [4.78, 5) is 11.9. The standard InChI is InChI=1S/C23H37N5O2.HI/c1-19(26-10-12-27(13-11-26)20-7-4-3-5-8-20)17-25-23(24-2)28-14-16-30-22(18-28)21-9-6-15-29-21;/h3-5,7-8,19,21-22H,6,9-18H2,1-2H3,(H,24,25);1H. The van der Waals surface area contributed by atoms with E-state index in [-0.39, 0.29) is 36.2 Å². The number of benzene rings is 1. The van der Waals surface area contributed by atoms with Crippen molar-refractivity contribution in [1.29, 1.82) is 0 Å². The molecule has 3 heterocycles. The quantitative estimate of drug-likeness (QED) is 0.350. The number of morpholine rings is 1. The molecular weight excluding hydrogens is 505 g/mol. The SMILES string of the molecule is CN=C(NCC(C)N1CCN(c2ccccc2)CC1)N1CCOC(C2CCCO2)C1.I. The molecule has 3 fully saturated rings. The molecule has 0 spiro atoms. The van der Waals surface area contributed by atoms with Crippen molar-refractivity contribution in [3.05, 3.63) is 30.3 Å². The van der Waals surface area contributed by atoms with E-state index in [0.717, 1.165) is 77.8 Å². The number of rotatable bonds is 5. The van der Waals surface area contributed by atoms with Crippen LogP contribution >= 0.6 is 24.0 Å². The highest BCUT2D eigenvalue weighted by atomic mass is 127. The lowest BCUT2D eigenvalue weighted by molar-refractivity contribution is -0.0817. The zero-order valence-corrected chi connectivity index (χ0v) is 21.2. The number of guanidine groups is 1. The number of hydrogen-bond acceptors (Lipinski definition) is 5. The molecule has 0 bridgehead atoms. The second-order valence-electron chi connectivity index (χ2n) is 8.54. The van der Waals surface area contributed by atoms with Crippen LogP contribution in [0.25, 0.3) is 0 Å². The Labute approximate surface area is 204 Å². The van der Waals surface area contributed by atoms with Crippen molar-refractivity contribution in [2.75, 3.05) is 71.0 Å². The predicted molar refractivity (Wildman–Crippen MR) is 137 cm³/mol. The molecule has 1 aromatic rings. The van der Waals surface area contributed by atoms with Gasteiger partial charge in [0, 0.05) is 71.2 Å². The third-order valence-corrected chi connectivity index (χ3v) is 6.60. The Morgan fingerprint density at radius 3 is 2.48 bits per heavy atom. The Balaban J connectivity index is 0.00000272. The second kappa shape index (κ2) is 12.2. The van der Waals surface area contributed by atoms with E-state index in [9.17, 15) is 0 Å². The molecule has 174 valence electrons. The first-order valence-corrected chi connectivity index (χ1v) is 11.5. The first-order valence-electron chi connectivity index (χ1n) is 11.5. The van der Waals surface area contributed by atoms with Gasteiger partial charge in [0.1, 0.15) is 6.10 Å². The Hall–Kier alpha value is -1.10. The van der Waals surface area contributed by atoms with Crippen LogP contribution in [0.5, 0.6) is 0 Å². The van der Waals surface area contributed by atoms with E-state index in [2.05, 4.69) is 62.3 Å². The van der Waals surface area contributed by atoms with E-state index in [0.29, 0.717) is 6.04 Å². The highest BCUT2D eigenvalue weighted by molar-refractivity contribution is 14.0. The summed E-state index contributed by atoms with van der Waals surface area (Å²) >= 11 is 0. The minimum atomic E-state index is 0. The Morgan fingerprint density at radius 1 is 1.06 bits per heavy atom. The van der Waals surface area contributed by atoms with Crippen molar-refractivity contribution in [2.24, 2.45) is 4.99 Å². The van der Waals surface area contributed by atoms with E-state index >= 15 is 0 Å². The fourth-order valence-corrected chi connectivity index (χ4v) is 4.75. The maximum absolute atomic E-state index is 5.99. The van der Waals surface area contributed by atoms with Gasteiger partial charge in [-0.25, -0.2) is 0 Å². The zero-order chi connectivity index (χ0) is 20.8. The van der Waals surface area contributed by atoms with Gasteiger partial charge in [0.15, 0.2) is 5.96 Å². The molecule has 0 amide bonds. The van der Waals surface area contributed by atoms with E-state index in [1.807, 2.05) is 7.05 Å². The van der Waals surface area contributed by atoms with Crippen molar-refractivity contribution < 1.29 is 9.47 Å². The van der Waals surface area contributed by atoms with Crippen LogP contribution in [-0.4, -0.2) is 100 Å². The van der Waals surface area contributed by atoms with Crippen LogP contribution in [0.4, 0.5) is 5.69 Å². The van der Waals surface area contributed by atoms with Crippen LogP contribution in [0.1, 0.15) is 19.8 Å². The van der Waals surface area contributed by atoms with E-state index in [1.165, 1.54) is 5.69 Å². The van der Waals surface area contributed by atoms with Gasteiger partial charge >= 0.3 is 0 Å². The zero-order valence-electron chi connectivity index (χ0n) is 18.9. The average Bonchev–Trinajstić information content (AvgIpc) is 3.35. The smallest absolute Gasteiger partial charge is 0.193 e. The lowest BCUT2D eigenvalue weighted by Gasteiger charge is -2.40. The van der Waals surface area contributed by atoms with Gasteiger partial charge in [0.2, 0.25) is 0 Å². The van der Waals surface area contributed by atoms with Gasteiger partial charge in [-0.3, -0.25) is 9.89 Å². The Kier molecular flexibility index (Phi) is 9.68. The fourth-order valence-electron chi connectivity index (χ4n) is 4.75. The van der Waals surface area contributed by atoms with Gasteiger partial charge in [-0.05, 0) is 31.9 Å². The number of anilines is 1. The largest absolute Gasteiger partial charge is 0.375 e. The fraction of sp³-hybridized carbons (Fsp3) is 0.696. The summed E-state index contributed by atoms with van der Waals surface area (Å²) < 4.78 is 11.8. The summed E-state index contributed by atoms with van der Waals surface area (Å²) in [7, 11) is 1.88. The highest BCUT2D eigenvalue weighted by Crippen LogP contribution is 2.21. The molecule has 1 aromatic carbocycles. The number of hydrogen-bond donors (Lipinski definition) is 1. The summed E-state index contributed by atoms with van der Waals surface area (Å²) in [5, 5.41) is 3.61. The number of para-hydroxylation sites is 1. The third kappa shape index (κ3) is 6.46. The van der Waals surface area contributed by atoms with Crippen LogP contribution in [-0.2, 0) is 9.47 Å². The molecule has 3 aliphatic heterocycles. The van der Waals surface area contributed by atoms with E-state index in [4.69, 9.17) is 9.47 Å². The topological polar surface area (TPSA) is 52.6 Å². The number of piperazine rings is 1. The maximum atomic E-state index is 5.99. The molecule has 3 atom stereocenters. The molecule has 3 saturated heterocycles. The average molecular weight is 543 g/mol. The highest BCUT2D eigenvalue weighted by Gasteiger charge is 2.32. The van der Waals surface area contributed by atoms with Gasteiger partial charge in [-0.1, -0.05) is 18.2 Å². The minimum Gasteiger partial charge on any atom is -0.375 e. The minimum absolute atomic E-state index is 0. The summed E-state index contributed by atoms with van der Waals surface area (Å²) in [6, 6.07) is 11.2. The molecule has 8 heteroatoms. The van der Waals surface area contributed by atoms with Crippen LogP contribution in [0, 0.1) is 0 Å². The molecule has 7 nitrogen and oxygen atoms in total. The molecule has 0 radical (unpaired) electrons. The first kappa shape index (κ1) is 24.5. The Morgan fingerprint density at radius 2 is 1.81 bits per heavy atom. The number of nitrogens with one attached hydrogen (secondary N) is 1. The summed E-state index contributed by atoms with van der Waals surface area (Å²) in [6.45, 7) is 10.9. The number of aliphatic imine (C=N–C) groups is 1. The molecule has 31 heavy (non-hydrogen) atoms. The monoisotopic (exact) mass is 543 g/mol.